The number of aryl methyl sites for hydroxylation is 1. The molecule has 1 fully saturated rings. The highest BCUT2D eigenvalue weighted by atomic mass is 79.9. The third-order valence-electron chi connectivity index (χ3n) is 3.73. The van der Waals surface area contributed by atoms with E-state index in [0.29, 0.717) is 5.41 Å². The number of halogens is 1. The minimum Gasteiger partial charge on any atom is -0.312 e. The van der Waals surface area contributed by atoms with Gasteiger partial charge in [-0.3, -0.25) is 0 Å². The lowest BCUT2D eigenvalue weighted by Gasteiger charge is -2.14. The second kappa shape index (κ2) is 4.89. The SMILES string of the molecule is CCC1(CNCc2ccc(C)cc2Br)CC1. The first-order chi connectivity index (χ1) is 7.65. The van der Waals surface area contributed by atoms with E-state index in [1.54, 1.807) is 0 Å². The molecule has 1 nitrogen and oxygen atoms in total. The summed E-state index contributed by atoms with van der Waals surface area (Å²) in [6.07, 6.45) is 4.13. The van der Waals surface area contributed by atoms with Gasteiger partial charge in [0.15, 0.2) is 0 Å². The van der Waals surface area contributed by atoms with Gasteiger partial charge in [0.05, 0.1) is 0 Å². The lowest BCUT2D eigenvalue weighted by atomic mass is 10.0. The molecule has 0 heterocycles. The fraction of sp³-hybridized carbons (Fsp3) is 0.571. The second-order valence-corrected chi connectivity index (χ2v) is 5.91. The van der Waals surface area contributed by atoms with Gasteiger partial charge < -0.3 is 5.32 Å². The van der Waals surface area contributed by atoms with Crippen molar-refractivity contribution in [2.75, 3.05) is 6.54 Å². The van der Waals surface area contributed by atoms with Crippen molar-refractivity contribution in [2.45, 2.75) is 39.7 Å². The maximum Gasteiger partial charge on any atom is 0.0222 e. The Labute approximate surface area is 107 Å². The average molecular weight is 282 g/mol. The molecule has 2 rings (SSSR count). The van der Waals surface area contributed by atoms with Gasteiger partial charge in [0.2, 0.25) is 0 Å². The molecular weight excluding hydrogens is 262 g/mol. The summed E-state index contributed by atoms with van der Waals surface area (Å²) in [7, 11) is 0. The first-order valence-electron chi connectivity index (χ1n) is 6.11. The quantitative estimate of drug-likeness (QED) is 0.859. The predicted octanol–water partition coefficient (Wildman–Crippen LogP) is 4.04. The molecule has 1 saturated carbocycles. The van der Waals surface area contributed by atoms with Crippen LogP contribution in [0.1, 0.15) is 37.3 Å². The zero-order valence-corrected chi connectivity index (χ0v) is 11.7. The molecule has 2 heteroatoms. The molecule has 0 spiro atoms. The summed E-state index contributed by atoms with van der Waals surface area (Å²) in [6, 6.07) is 6.57. The van der Waals surface area contributed by atoms with Gasteiger partial charge in [0, 0.05) is 17.6 Å². The highest BCUT2D eigenvalue weighted by Crippen LogP contribution is 2.47. The number of hydrogen-bond acceptors (Lipinski definition) is 1. The van der Waals surface area contributed by atoms with E-state index in [4.69, 9.17) is 0 Å². The summed E-state index contributed by atoms with van der Waals surface area (Å²) < 4.78 is 1.22. The predicted molar refractivity (Wildman–Crippen MR) is 72.5 cm³/mol. The van der Waals surface area contributed by atoms with Gasteiger partial charge in [-0.1, -0.05) is 35.0 Å². The van der Waals surface area contributed by atoms with Crippen LogP contribution in [-0.4, -0.2) is 6.54 Å². The van der Waals surface area contributed by atoms with E-state index in [2.05, 4.69) is 53.3 Å². The molecule has 0 aliphatic heterocycles. The van der Waals surface area contributed by atoms with Crippen molar-refractivity contribution in [1.29, 1.82) is 0 Å². The molecule has 16 heavy (non-hydrogen) atoms. The zero-order valence-electron chi connectivity index (χ0n) is 10.1. The standard InChI is InChI=1S/C14H20BrN/c1-3-14(6-7-14)10-16-9-12-5-4-11(2)8-13(12)15/h4-5,8,16H,3,6-7,9-10H2,1-2H3. The third-order valence-corrected chi connectivity index (χ3v) is 4.47. The Kier molecular flexibility index (Phi) is 3.70. The Balaban J connectivity index is 1.85. The summed E-state index contributed by atoms with van der Waals surface area (Å²) in [4.78, 5) is 0. The van der Waals surface area contributed by atoms with E-state index < -0.39 is 0 Å². The van der Waals surface area contributed by atoms with Crippen molar-refractivity contribution in [2.24, 2.45) is 5.41 Å². The lowest BCUT2D eigenvalue weighted by molar-refractivity contribution is 0.443. The molecule has 0 amide bonds. The van der Waals surface area contributed by atoms with Gasteiger partial charge in [-0.25, -0.2) is 0 Å². The van der Waals surface area contributed by atoms with Gasteiger partial charge in [-0.15, -0.1) is 0 Å². The fourth-order valence-electron chi connectivity index (χ4n) is 2.09. The van der Waals surface area contributed by atoms with Crippen LogP contribution in [0.15, 0.2) is 22.7 Å². The van der Waals surface area contributed by atoms with E-state index in [1.165, 1.54) is 41.4 Å². The summed E-state index contributed by atoms with van der Waals surface area (Å²) in [5.41, 5.74) is 3.30. The molecule has 1 aliphatic carbocycles. The van der Waals surface area contributed by atoms with E-state index in [-0.39, 0.29) is 0 Å². The summed E-state index contributed by atoms with van der Waals surface area (Å²) in [5.74, 6) is 0. The van der Waals surface area contributed by atoms with E-state index in [9.17, 15) is 0 Å². The van der Waals surface area contributed by atoms with Gasteiger partial charge in [-0.2, -0.15) is 0 Å². The molecule has 0 radical (unpaired) electrons. The molecule has 1 aromatic carbocycles. The Morgan fingerprint density at radius 3 is 2.69 bits per heavy atom. The van der Waals surface area contributed by atoms with Crippen LogP contribution in [0, 0.1) is 12.3 Å². The minimum atomic E-state index is 0.636. The van der Waals surface area contributed by atoms with Crippen LogP contribution in [0.2, 0.25) is 0 Å². The molecular formula is C14H20BrN. The van der Waals surface area contributed by atoms with Crippen molar-refractivity contribution in [1.82, 2.24) is 5.32 Å². The topological polar surface area (TPSA) is 12.0 Å². The van der Waals surface area contributed by atoms with Crippen LogP contribution < -0.4 is 5.32 Å². The first kappa shape index (κ1) is 12.1. The number of benzene rings is 1. The van der Waals surface area contributed by atoms with Gasteiger partial charge in [0.25, 0.3) is 0 Å². The average Bonchev–Trinajstić information content (AvgIpc) is 3.02. The zero-order chi connectivity index (χ0) is 11.6. The molecule has 0 atom stereocenters. The largest absolute Gasteiger partial charge is 0.312 e. The summed E-state index contributed by atoms with van der Waals surface area (Å²) >= 11 is 3.62. The van der Waals surface area contributed by atoms with Gasteiger partial charge in [-0.05, 0) is 48.8 Å². The van der Waals surface area contributed by atoms with Crippen molar-refractivity contribution >= 4 is 15.9 Å². The Hall–Kier alpha value is -0.340. The van der Waals surface area contributed by atoms with E-state index >= 15 is 0 Å². The highest BCUT2D eigenvalue weighted by molar-refractivity contribution is 9.10. The second-order valence-electron chi connectivity index (χ2n) is 5.05. The molecule has 1 N–H and O–H groups in total. The smallest absolute Gasteiger partial charge is 0.0222 e. The minimum absolute atomic E-state index is 0.636. The number of rotatable bonds is 5. The van der Waals surface area contributed by atoms with Gasteiger partial charge >= 0.3 is 0 Å². The van der Waals surface area contributed by atoms with E-state index in [1.807, 2.05) is 0 Å². The van der Waals surface area contributed by atoms with E-state index in [0.717, 1.165) is 6.54 Å². The number of nitrogens with one attached hydrogen (secondary N) is 1. The van der Waals surface area contributed by atoms with Crippen LogP contribution in [0.25, 0.3) is 0 Å². The molecule has 0 bridgehead atoms. The van der Waals surface area contributed by atoms with Crippen molar-refractivity contribution in [3.05, 3.63) is 33.8 Å². The highest BCUT2D eigenvalue weighted by Gasteiger charge is 2.39. The third kappa shape index (κ3) is 2.86. The van der Waals surface area contributed by atoms with Crippen molar-refractivity contribution < 1.29 is 0 Å². The first-order valence-corrected chi connectivity index (χ1v) is 6.90. The van der Waals surface area contributed by atoms with Crippen LogP contribution in [0.3, 0.4) is 0 Å². The molecule has 0 unspecified atom stereocenters. The number of hydrogen-bond donors (Lipinski definition) is 1. The molecule has 88 valence electrons. The van der Waals surface area contributed by atoms with Crippen LogP contribution >= 0.6 is 15.9 Å². The van der Waals surface area contributed by atoms with Crippen molar-refractivity contribution in [3.63, 3.8) is 0 Å². The van der Waals surface area contributed by atoms with Crippen LogP contribution in [0.5, 0.6) is 0 Å². The maximum atomic E-state index is 3.62. The molecule has 0 aromatic heterocycles. The Bertz CT molecular complexity index is 369. The molecule has 1 aromatic rings. The van der Waals surface area contributed by atoms with Gasteiger partial charge in [0.1, 0.15) is 0 Å². The lowest BCUT2D eigenvalue weighted by Crippen LogP contribution is -2.23. The Morgan fingerprint density at radius 2 is 2.12 bits per heavy atom. The Morgan fingerprint density at radius 1 is 1.38 bits per heavy atom. The van der Waals surface area contributed by atoms with Crippen molar-refractivity contribution in [3.8, 4) is 0 Å². The maximum absolute atomic E-state index is 3.62. The van der Waals surface area contributed by atoms with Crippen LogP contribution in [-0.2, 0) is 6.54 Å². The van der Waals surface area contributed by atoms with Crippen LogP contribution in [0.4, 0.5) is 0 Å². The molecule has 1 aliphatic rings. The normalized spacial score (nSPS) is 17.4. The fourth-order valence-corrected chi connectivity index (χ4v) is 2.72. The monoisotopic (exact) mass is 281 g/mol. The molecule has 0 saturated heterocycles. The summed E-state index contributed by atoms with van der Waals surface area (Å²) in [5, 5.41) is 3.59. The summed E-state index contributed by atoms with van der Waals surface area (Å²) in [6.45, 7) is 6.57.